The molecular weight excluding hydrogens is 346 g/mol. The molecule has 2 aromatic rings. The van der Waals surface area contributed by atoms with Gasteiger partial charge in [-0.25, -0.2) is 0 Å². The number of nitrogens with one attached hydrogen (secondary N) is 1. The first kappa shape index (κ1) is 19.0. The number of carbonyl (C=O) groups excluding carboxylic acids is 1. The zero-order valence-electron chi connectivity index (χ0n) is 17.0. The molecule has 2 fully saturated rings. The average molecular weight is 378 g/mol. The van der Waals surface area contributed by atoms with Gasteiger partial charge in [-0.3, -0.25) is 4.79 Å². The third kappa shape index (κ3) is 3.79. The first-order valence-electron chi connectivity index (χ1n) is 10.5. The van der Waals surface area contributed by atoms with Gasteiger partial charge >= 0.3 is 0 Å². The number of hydrogen-bond donors (Lipinski definition) is 1. The number of piperidine rings is 1. The molecular formula is C24H31N3O. The molecule has 0 bridgehead atoms. The van der Waals surface area contributed by atoms with Crippen LogP contribution in [0.3, 0.4) is 0 Å². The van der Waals surface area contributed by atoms with Gasteiger partial charge < -0.3 is 15.1 Å². The Bertz CT molecular complexity index is 787. The third-order valence-electron chi connectivity index (χ3n) is 6.36. The van der Waals surface area contributed by atoms with Crippen LogP contribution in [0.25, 0.3) is 0 Å². The molecule has 0 spiro atoms. The molecule has 2 aromatic carbocycles. The molecule has 1 amide bonds. The molecule has 4 nitrogen and oxygen atoms in total. The van der Waals surface area contributed by atoms with E-state index in [0.717, 1.165) is 37.2 Å². The van der Waals surface area contributed by atoms with Gasteiger partial charge in [-0.1, -0.05) is 36.8 Å². The van der Waals surface area contributed by atoms with Gasteiger partial charge in [0.15, 0.2) is 0 Å². The summed E-state index contributed by atoms with van der Waals surface area (Å²) in [6.07, 6.45) is 4.47. The van der Waals surface area contributed by atoms with Crippen molar-refractivity contribution in [1.29, 1.82) is 0 Å². The fraction of sp³-hybridized carbons (Fsp3) is 0.458. The second-order valence-electron chi connectivity index (χ2n) is 8.29. The highest BCUT2D eigenvalue weighted by molar-refractivity contribution is 5.95. The van der Waals surface area contributed by atoms with E-state index in [2.05, 4.69) is 45.4 Å². The van der Waals surface area contributed by atoms with Gasteiger partial charge in [0.25, 0.3) is 5.91 Å². The lowest BCUT2D eigenvalue weighted by Gasteiger charge is -2.45. The molecule has 0 aromatic heterocycles. The summed E-state index contributed by atoms with van der Waals surface area (Å²) in [6, 6.07) is 19.4. The van der Waals surface area contributed by atoms with Crippen molar-refractivity contribution in [1.82, 2.24) is 10.2 Å². The lowest BCUT2D eigenvalue weighted by atomic mass is 9.79. The molecule has 1 N–H and O–H groups in total. The fourth-order valence-corrected chi connectivity index (χ4v) is 4.84. The highest BCUT2D eigenvalue weighted by atomic mass is 16.2. The van der Waals surface area contributed by atoms with Crippen LogP contribution in [0.15, 0.2) is 54.6 Å². The predicted molar refractivity (Wildman–Crippen MR) is 115 cm³/mol. The Morgan fingerprint density at radius 1 is 1.00 bits per heavy atom. The summed E-state index contributed by atoms with van der Waals surface area (Å²) >= 11 is 0. The van der Waals surface area contributed by atoms with Crippen molar-refractivity contribution < 1.29 is 4.79 Å². The van der Waals surface area contributed by atoms with Crippen molar-refractivity contribution in [3.8, 4) is 0 Å². The van der Waals surface area contributed by atoms with Crippen molar-refractivity contribution in [3.05, 3.63) is 65.7 Å². The van der Waals surface area contributed by atoms with E-state index < -0.39 is 0 Å². The van der Waals surface area contributed by atoms with Crippen LogP contribution in [-0.4, -0.2) is 50.1 Å². The third-order valence-corrected chi connectivity index (χ3v) is 6.36. The molecule has 0 saturated carbocycles. The highest BCUT2D eigenvalue weighted by Crippen LogP contribution is 2.36. The summed E-state index contributed by atoms with van der Waals surface area (Å²) in [5.41, 5.74) is 3.31. The van der Waals surface area contributed by atoms with Gasteiger partial charge in [-0.05, 0) is 55.6 Å². The molecule has 148 valence electrons. The number of likely N-dealkylation sites (tertiary alicyclic amines) is 1. The molecule has 28 heavy (non-hydrogen) atoms. The van der Waals surface area contributed by atoms with E-state index in [0.29, 0.717) is 12.0 Å². The normalized spacial score (nSPS) is 24.9. The van der Waals surface area contributed by atoms with E-state index in [1.165, 1.54) is 18.4 Å². The van der Waals surface area contributed by atoms with Crippen molar-refractivity contribution in [2.75, 3.05) is 32.1 Å². The van der Waals surface area contributed by atoms with E-state index in [4.69, 9.17) is 0 Å². The Morgan fingerprint density at radius 2 is 1.75 bits per heavy atom. The van der Waals surface area contributed by atoms with E-state index in [1.54, 1.807) is 0 Å². The molecule has 4 heteroatoms. The van der Waals surface area contributed by atoms with Gasteiger partial charge in [-0.15, -0.1) is 0 Å². The van der Waals surface area contributed by atoms with Crippen LogP contribution in [0.5, 0.6) is 0 Å². The maximum absolute atomic E-state index is 13.4. The Morgan fingerprint density at radius 3 is 2.46 bits per heavy atom. The minimum atomic E-state index is 0.176. The van der Waals surface area contributed by atoms with E-state index in [-0.39, 0.29) is 11.9 Å². The van der Waals surface area contributed by atoms with Crippen molar-refractivity contribution in [2.45, 2.75) is 43.7 Å². The number of fused-ring (bicyclic) bond motifs is 1. The Hall–Kier alpha value is -2.33. The monoisotopic (exact) mass is 377 g/mol. The average Bonchev–Trinajstić information content (AvgIpc) is 2.99. The number of hydrogen-bond acceptors (Lipinski definition) is 3. The SMILES string of the molecule is CN(C)c1ccc(C(=O)N2CC[C@H](c3ccccc3)[C@H]3NCCCC[C@H]32)cc1. The summed E-state index contributed by atoms with van der Waals surface area (Å²) in [5, 5.41) is 3.79. The maximum Gasteiger partial charge on any atom is 0.254 e. The first-order valence-corrected chi connectivity index (χ1v) is 10.5. The number of anilines is 1. The summed E-state index contributed by atoms with van der Waals surface area (Å²) < 4.78 is 0. The minimum absolute atomic E-state index is 0.176. The van der Waals surface area contributed by atoms with Crippen LogP contribution >= 0.6 is 0 Å². The number of benzene rings is 2. The Kier molecular flexibility index (Phi) is 5.67. The zero-order valence-corrected chi connectivity index (χ0v) is 17.0. The lowest BCUT2D eigenvalue weighted by molar-refractivity contribution is 0.0510. The standard InChI is InChI=1S/C24H31N3O/c1-26(2)20-13-11-19(12-14-20)24(28)27-17-15-21(18-8-4-3-5-9-18)23-22(27)10-6-7-16-25-23/h3-5,8-9,11-14,21-23,25H,6-7,10,15-17H2,1-2H3/t21-,22-,23-/m1/s1. The fourth-order valence-electron chi connectivity index (χ4n) is 4.84. The lowest BCUT2D eigenvalue weighted by Crippen LogP contribution is -2.58. The summed E-state index contributed by atoms with van der Waals surface area (Å²) in [5.74, 6) is 0.653. The molecule has 2 aliphatic rings. The van der Waals surface area contributed by atoms with Gasteiger partial charge in [0, 0.05) is 49.9 Å². The smallest absolute Gasteiger partial charge is 0.254 e. The van der Waals surface area contributed by atoms with E-state index >= 15 is 0 Å². The van der Waals surface area contributed by atoms with E-state index in [1.807, 2.05) is 38.4 Å². The van der Waals surface area contributed by atoms with Gasteiger partial charge in [0.2, 0.25) is 0 Å². The molecule has 0 radical (unpaired) electrons. The van der Waals surface area contributed by atoms with E-state index in [9.17, 15) is 4.79 Å². The number of amides is 1. The second kappa shape index (κ2) is 8.36. The largest absolute Gasteiger partial charge is 0.378 e. The van der Waals surface area contributed by atoms with Crippen LogP contribution in [-0.2, 0) is 0 Å². The zero-order chi connectivity index (χ0) is 19.5. The van der Waals surface area contributed by atoms with Crippen LogP contribution in [0, 0.1) is 0 Å². The predicted octanol–water partition coefficient (Wildman–Crippen LogP) is 3.89. The molecule has 4 rings (SSSR count). The van der Waals surface area contributed by atoms with Gasteiger partial charge in [0.1, 0.15) is 0 Å². The van der Waals surface area contributed by atoms with Crippen molar-refractivity contribution in [2.24, 2.45) is 0 Å². The van der Waals surface area contributed by atoms with Crippen molar-refractivity contribution in [3.63, 3.8) is 0 Å². The molecule has 2 saturated heterocycles. The van der Waals surface area contributed by atoms with Crippen LogP contribution in [0.4, 0.5) is 5.69 Å². The summed E-state index contributed by atoms with van der Waals surface area (Å²) in [6.45, 7) is 1.88. The molecule has 0 unspecified atom stereocenters. The Labute approximate surface area is 168 Å². The van der Waals surface area contributed by atoms with Crippen LogP contribution in [0.1, 0.15) is 47.5 Å². The van der Waals surface area contributed by atoms with Crippen molar-refractivity contribution >= 4 is 11.6 Å². The second-order valence-corrected chi connectivity index (χ2v) is 8.29. The van der Waals surface area contributed by atoms with Crippen LogP contribution < -0.4 is 10.2 Å². The van der Waals surface area contributed by atoms with Gasteiger partial charge in [0.05, 0.1) is 0 Å². The molecule has 2 heterocycles. The Balaban J connectivity index is 1.59. The molecule has 2 aliphatic heterocycles. The summed E-state index contributed by atoms with van der Waals surface area (Å²) in [4.78, 5) is 17.6. The summed E-state index contributed by atoms with van der Waals surface area (Å²) in [7, 11) is 4.04. The topological polar surface area (TPSA) is 35.6 Å². The first-order chi connectivity index (χ1) is 13.6. The number of carbonyl (C=O) groups is 1. The minimum Gasteiger partial charge on any atom is -0.378 e. The van der Waals surface area contributed by atoms with Gasteiger partial charge in [-0.2, -0.15) is 0 Å². The van der Waals surface area contributed by atoms with Crippen LogP contribution in [0.2, 0.25) is 0 Å². The quantitative estimate of drug-likeness (QED) is 0.881. The number of nitrogens with zero attached hydrogens (tertiary/aromatic N) is 2. The molecule has 0 aliphatic carbocycles. The molecule has 3 atom stereocenters. The highest BCUT2D eigenvalue weighted by Gasteiger charge is 2.41. The maximum atomic E-state index is 13.4. The number of rotatable bonds is 3.